The van der Waals surface area contributed by atoms with Crippen LogP contribution in [0.25, 0.3) is 0 Å². The van der Waals surface area contributed by atoms with Gasteiger partial charge in [-0.1, -0.05) is 117 Å². The number of ketones is 1. The predicted octanol–water partition coefficient (Wildman–Crippen LogP) is 5.95. The van der Waals surface area contributed by atoms with E-state index >= 15 is 0 Å². The lowest BCUT2D eigenvalue weighted by Gasteiger charge is -2.27. The molecule has 67 heavy (non-hydrogen) atoms. The van der Waals surface area contributed by atoms with E-state index in [2.05, 4.69) is 52.0 Å². The molecule has 18 nitrogen and oxygen atoms in total. The fraction of sp³-hybridized carbons (Fsp3) is 0.816. The number of carbonyl (C=O) groups excluding carboxylic acids is 5. The topological polar surface area (TPSA) is 262 Å². The maximum Gasteiger partial charge on any atom is 0.306 e. The van der Waals surface area contributed by atoms with Crippen molar-refractivity contribution < 1.29 is 54.2 Å². The average Bonchev–Trinajstić information content (AvgIpc) is 3.81. The number of carboxylic acid groups (broad SMARTS) is 1. The summed E-state index contributed by atoms with van der Waals surface area (Å²) in [5.74, 6) is -3.59. The van der Waals surface area contributed by atoms with Crippen molar-refractivity contribution in [3.63, 3.8) is 0 Å². The van der Waals surface area contributed by atoms with E-state index in [1.807, 2.05) is 0 Å². The van der Waals surface area contributed by atoms with Gasteiger partial charge in [0.2, 0.25) is 23.6 Å². The molecule has 0 bridgehead atoms. The molecule has 1 aromatic heterocycles. The Hall–Kier alpha value is -3.97. The van der Waals surface area contributed by atoms with Gasteiger partial charge in [0.1, 0.15) is 13.2 Å². The molecule has 8 N–H and O–H groups in total. The number of ether oxygens (including phenoxy) is 4. The van der Waals surface area contributed by atoms with Crippen LogP contribution in [0, 0.1) is 5.92 Å². The van der Waals surface area contributed by atoms with Gasteiger partial charge in [0.25, 0.3) is 0 Å². The summed E-state index contributed by atoms with van der Waals surface area (Å²) in [5.41, 5.74) is 5.32. The summed E-state index contributed by atoms with van der Waals surface area (Å²) in [5, 5.41) is 20.5. The van der Waals surface area contributed by atoms with E-state index in [-0.39, 0.29) is 84.6 Å². The third-order valence-corrected chi connectivity index (χ3v) is 10.9. The zero-order valence-electron chi connectivity index (χ0n) is 42.0. The lowest BCUT2D eigenvalue weighted by Crippen LogP contribution is -2.55. The number of nitrogens with one attached hydrogen (secondary N) is 5. The van der Waals surface area contributed by atoms with Gasteiger partial charge in [0, 0.05) is 52.2 Å². The Morgan fingerprint density at radius 2 is 1.13 bits per heavy atom. The number of aromatic amines is 1. The van der Waals surface area contributed by atoms with E-state index in [0.29, 0.717) is 51.3 Å². The molecule has 0 aliphatic carbocycles. The number of carboxylic acids is 1. The standard InChI is InChI=1S/C41H73N7O11.C8H18.H2/c1-4-5-6-7-8-9-10-11-12-16-36(50)45-18-20-56-22-25-59-30-38(52)46-19-21-57-23-24-58-29-37(51)44-17-14-13-15-32(40(54)55)26-35(49)41(2,3)48-39(53)34(42)27-33-28-43-31-47-33;1-3-5-7-8-6-4-2;/h28,31-32,34H,4-27,29-30,42H2,1-3H3,(H,43,47)(H,44,51)(H,45,50)(H,46,52)(H,48,53)(H,54,55);3-8H2,1-2H3;1H/t32-,34+;;/m1../s1. The van der Waals surface area contributed by atoms with E-state index in [0.717, 1.165) is 12.8 Å². The zero-order valence-corrected chi connectivity index (χ0v) is 42.0. The highest BCUT2D eigenvalue weighted by Gasteiger charge is 2.34. The van der Waals surface area contributed by atoms with Gasteiger partial charge >= 0.3 is 5.97 Å². The van der Waals surface area contributed by atoms with Crippen LogP contribution < -0.4 is 27.0 Å². The fourth-order valence-corrected chi connectivity index (χ4v) is 6.67. The van der Waals surface area contributed by atoms with Crippen LogP contribution in [-0.4, -0.2) is 135 Å². The van der Waals surface area contributed by atoms with Gasteiger partial charge < -0.3 is 56.0 Å². The molecule has 390 valence electrons. The van der Waals surface area contributed by atoms with Crippen molar-refractivity contribution in [3.8, 4) is 0 Å². The Bertz CT molecular complexity index is 1420. The molecule has 0 radical (unpaired) electrons. The Kier molecular flexibility index (Phi) is 40.8. The summed E-state index contributed by atoms with van der Waals surface area (Å²) in [4.78, 5) is 80.0. The van der Waals surface area contributed by atoms with E-state index in [1.54, 1.807) is 6.20 Å². The number of aromatic nitrogens is 2. The molecular formula is C49H93N7O11. The van der Waals surface area contributed by atoms with Crippen molar-refractivity contribution in [3.05, 3.63) is 18.2 Å². The summed E-state index contributed by atoms with van der Waals surface area (Å²) in [7, 11) is 0. The minimum Gasteiger partial charge on any atom is -0.481 e. The first-order valence-corrected chi connectivity index (χ1v) is 25.2. The first-order chi connectivity index (χ1) is 32.3. The highest BCUT2D eigenvalue weighted by Crippen LogP contribution is 2.19. The number of imidazole rings is 1. The van der Waals surface area contributed by atoms with Gasteiger partial charge in [-0.05, 0) is 33.1 Å². The second kappa shape index (κ2) is 43.3. The Morgan fingerprint density at radius 1 is 0.657 bits per heavy atom. The lowest BCUT2D eigenvalue weighted by atomic mass is 9.88. The predicted molar refractivity (Wildman–Crippen MR) is 262 cm³/mol. The normalized spacial score (nSPS) is 12.1. The number of unbranched alkanes of at least 4 members (excludes halogenated alkanes) is 14. The second-order valence-corrected chi connectivity index (χ2v) is 17.5. The summed E-state index contributed by atoms with van der Waals surface area (Å²) in [6.45, 7) is 12.1. The van der Waals surface area contributed by atoms with Crippen molar-refractivity contribution in [2.75, 3.05) is 72.5 Å². The number of Topliss-reactive ketones (excluding diaryl/α,β-unsaturated/α-hetero) is 1. The molecule has 2 atom stereocenters. The van der Waals surface area contributed by atoms with Crippen molar-refractivity contribution in [2.45, 2.75) is 181 Å². The number of aliphatic carboxylic acids is 1. The SMILES string of the molecule is CCCCCCCC.CCCCCCCCCCCC(=O)NCCOCCOCC(=O)NCCOCCOCC(=O)NCCCC[C@H](CC(=O)C(C)(C)NC(=O)[C@@H](N)Cc1cnc[nH]1)C(=O)O.[HH]. The molecule has 0 aromatic carbocycles. The third kappa shape index (κ3) is 38.7. The van der Waals surface area contributed by atoms with Gasteiger partial charge in [0.15, 0.2) is 5.78 Å². The van der Waals surface area contributed by atoms with Crippen LogP contribution in [0.4, 0.5) is 0 Å². The number of H-pyrrole nitrogens is 1. The zero-order chi connectivity index (χ0) is 49.8. The number of hydrogen-bond acceptors (Lipinski definition) is 12. The monoisotopic (exact) mass is 956 g/mol. The van der Waals surface area contributed by atoms with Gasteiger partial charge in [0.05, 0.1) is 63.5 Å². The highest BCUT2D eigenvalue weighted by atomic mass is 16.5. The van der Waals surface area contributed by atoms with E-state index in [1.165, 1.54) is 104 Å². The van der Waals surface area contributed by atoms with Crippen LogP contribution in [0.1, 0.15) is 170 Å². The molecule has 1 heterocycles. The molecule has 0 aliphatic rings. The molecule has 1 aromatic rings. The maximum absolute atomic E-state index is 12.9. The third-order valence-electron chi connectivity index (χ3n) is 10.9. The van der Waals surface area contributed by atoms with Crippen molar-refractivity contribution in [1.29, 1.82) is 0 Å². The molecule has 0 aliphatic heterocycles. The maximum atomic E-state index is 12.9. The second-order valence-electron chi connectivity index (χ2n) is 17.5. The Balaban J connectivity index is 0. The summed E-state index contributed by atoms with van der Waals surface area (Å²) in [6, 6.07) is -0.916. The lowest BCUT2D eigenvalue weighted by molar-refractivity contribution is -0.145. The van der Waals surface area contributed by atoms with Crippen molar-refractivity contribution in [1.82, 2.24) is 31.2 Å². The molecule has 0 saturated heterocycles. The molecule has 0 saturated carbocycles. The molecule has 0 spiro atoms. The molecule has 1 rings (SSSR count). The number of nitrogens with two attached hydrogens (primary N) is 1. The largest absolute Gasteiger partial charge is 0.481 e. The van der Waals surface area contributed by atoms with Gasteiger partial charge in [-0.15, -0.1) is 0 Å². The van der Waals surface area contributed by atoms with Crippen LogP contribution in [0.2, 0.25) is 0 Å². The van der Waals surface area contributed by atoms with Crippen LogP contribution in [-0.2, 0) is 54.1 Å². The van der Waals surface area contributed by atoms with E-state index in [4.69, 9.17) is 24.7 Å². The minimum atomic E-state index is -1.31. The number of amides is 4. The quantitative estimate of drug-likeness (QED) is 0.0373. The van der Waals surface area contributed by atoms with Gasteiger partial charge in [-0.25, -0.2) is 4.98 Å². The first kappa shape index (κ1) is 63.0. The molecule has 4 amide bonds. The van der Waals surface area contributed by atoms with E-state index < -0.39 is 35.2 Å². The summed E-state index contributed by atoms with van der Waals surface area (Å²) < 4.78 is 21.5. The smallest absolute Gasteiger partial charge is 0.306 e. The van der Waals surface area contributed by atoms with Crippen LogP contribution in [0.3, 0.4) is 0 Å². The van der Waals surface area contributed by atoms with E-state index in [9.17, 15) is 33.9 Å². The molecule has 0 fully saturated rings. The average molecular weight is 956 g/mol. The van der Waals surface area contributed by atoms with Gasteiger partial charge in [-0.2, -0.15) is 0 Å². The Labute approximate surface area is 403 Å². The van der Waals surface area contributed by atoms with Crippen molar-refractivity contribution in [2.24, 2.45) is 11.7 Å². The molecule has 18 heteroatoms. The highest BCUT2D eigenvalue weighted by molar-refractivity contribution is 5.95. The number of nitrogens with zero attached hydrogens (tertiary/aromatic N) is 1. The van der Waals surface area contributed by atoms with Crippen LogP contribution in [0.5, 0.6) is 0 Å². The van der Waals surface area contributed by atoms with Crippen LogP contribution >= 0.6 is 0 Å². The van der Waals surface area contributed by atoms with Crippen molar-refractivity contribution >= 4 is 35.4 Å². The molecular weight excluding hydrogens is 863 g/mol. The fourth-order valence-electron chi connectivity index (χ4n) is 6.67. The Morgan fingerprint density at radius 3 is 1.63 bits per heavy atom. The minimum absolute atomic E-state index is 0. The number of carbonyl (C=O) groups is 6. The summed E-state index contributed by atoms with van der Waals surface area (Å²) >= 11 is 0. The molecule has 0 unspecified atom stereocenters. The summed E-state index contributed by atoms with van der Waals surface area (Å²) in [6.07, 6.45) is 24.1. The number of rotatable bonds is 44. The number of hydrogen-bond donors (Lipinski definition) is 7. The van der Waals surface area contributed by atoms with Gasteiger partial charge in [-0.3, -0.25) is 28.8 Å². The first-order valence-electron chi connectivity index (χ1n) is 25.2. The van der Waals surface area contributed by atoms with Crippen LogP contribution in [0.15, 0.2) is 12.5 Å².